The fourth-order valence-electron chi connectivity index (χ4n) is 1.88. The van der Waals surface area contributed by atoms with Crippen molar-refractivity contribution < 1.29 is 0 Å². The summed E-state index contributed by atoms with van der Waals surface area (Å²) in [5.41, 5.74) is 6.49. The molecule has 0 unspecified atom stereocenters. The first-order valence-corrected chi connectivity index (χ1v) is 6.45. The summed E-state index contributed by atoms with van der Waals surface area (Å²) in [4.78, 5) is 8.69. The summed E-state index contributed by atoms with van der Waals surface area (Å²) in [5, 5.41) is 1.61. The molecule has 0 saturated heterocycles. The Labute approximate surface area is 94.9 Å². The van der Waals surface area contributed by atoms with Gasteiger partial charge in [0.2, 0.25) is 0 Å². The minimum absolute atomic E-state index is 0.501. The lowest BCUT2D eigenvalue weighted by molar-refractivity contribution is 0.515. The van der Waals surface area contributed by atoms with Gasteiger partial charge in [-0.25, -0.2) is 9.97 Å². The monoisotopic (exact) mass is 223 g/mol. The second-order valence-electron chi connectivity index (χ2n) is 3.91. The van der Waals surface area contributed by atoms with Crippen LogP contribution in [-0.2, 0) is 6.54 Å². The van der Waals surface area contributed by atoms with E-state index in [9.17, 15) is 0 Å². The van der Waals surface area contributed by atoms with Crippen LogP contribution >= 0.6 is 11.8 Å². The average molecular weight is 223 g/mol. The van der Waals surface area contributed by atoms with Gasteiger partial charge in [0.05, 0.1) is 5.69 Å². The Bertz CT molecular complexity index is 310. The lowest BCUT2D eigenvalue weighted by atomic mass is 10.0. The maximum absolute atomic E-state index is 5.55. The van der Waals surface area contributed by atoms with Crippen LogP contribution in [0.1, 0.15) is 37.8 Å². The predicted octanol–water partition coefficient (Wildman–Crippen LogP) is 2.36. The second kappa shape index (κ2) is 5.47. The summed E-state index contributed by atoms with van der Waals surface area (Å²) in [6.45, 7) is 0.501. The Hall–Kier alpha value is -0.610. The van der Waals surface area contributed by atoms with Crippen molar-refractivity contribution >= 4 is 11.8 Å². The third-order valence-corrected chi connectivity index (χ3v) is 3.94. The standard InChI is InChI=1S/C11H17N3S/c12-8-9-6-7-13-11(14-9)15-10-4-2-1-3-5-10/h6-7,10H,1-5,8,12H2. The highest BCUT2D eigenvalue weighted by Gasteiger charge is 2.15. The van der Waals surface area contributed by atoms with Crippen LogP contribution in [0.25, 0.3) is 0 Å². The van der Waals surface area contributed by atoms with Gasteiger partial charge in [0.1, 0.15) is 0 Å². The van der Waals surface area contributed by atoms with E-state index in [2.05, 4.69) is 9.97 Å². The molecule has 1 saturated carbocycles. The zero-order chi connectivity index (χ0) is 10.5. The molecule has 3 nitrogen and oxygen atoms in total. The largest absolute Gasteiger partial charge is 0.325 e. The van der Waals surface area contributed by atoms with Crippen molar-refractivity contribution in [2.45, 2.75) is 49.1 Å². The molecule has 1 aromatic heterocycles. The van der Waals surface area contributed by atoms with Gasteiger partial charge in [-0.3, -0.25) is 0 Å². The molecule has 82 valence electrons. The summed E-state index contributed by atoms with van der Waals surface area (Å²) in [6.07, 6.45) is 8.52. The first kappa shape index (κ1) is 10.9. The molecule has 0 aromatic carbocycles. The number of hydrogen-bond donors (Lipinski definition) is 1. The van der Waals surface area contributed by atoms with Crippen LogP contribution in [0.2, 0.25) is 0 Å². The highest BCUT2D eigenvalue weighted by atomic mass is 32.2. The van der Waals surface area contributed by atoms with E-state index in [1.54, 1.807) is 6.20 Å². The maximum atomic E-state index is 5.55. The van der Waals surface area contributed by atoms with Gasteiger partial charge in [0, 0.05) is 18.0 Å². The summed E-state index contributed by atoms with van der Waals surface area (Å²) in [6, 6.07) is 1.88. The van der Waals surface area contributed by atoms with Gasteiger partial charge in [-0.1, -0.05) is 31.0 Å². The molecule has 1 heterocycles. The zero-order valence-electron chi connectivity index (χ0n) is 8.85. The summed E-state index contributed by atoms with van der Waals surface area (Å²) >= 11 is 1.82. The molecule has 4 heteroatoms. The van der Waals surface area contributed by atoms with Gasteiger partial charge < -0.3 is 5.73 Å². The van der Waals surface area contributed by atoms with E-state index in [-0.39, 0.29) is 0 Å². The molecule has 0 aliphatic heterocycles. The fourth-order valence-corrected chi connectivity index (χ4v) is 3.04. The number of nitrogens with zero attached hydrogens (tertiary/aromatic N) is 2. The van der Waals surface area contributed by atoms with Gasteiger partial charge >= 0.3 is 0 Å². The smallest absolute Gasteiger partial charge is 0.188 e. The highest BCUT2D eigenvalue weighted by molar-refractivity contribution is 7.99. The normalized spacial score (nSPS) is 17.9. The lowest BCUT2D eigenvalue weighted by Crippen LogP contribution is -2.09. The molecule has 0 atom stereocenters. The highest BCUT2D eigenvalue weighted by Crippen LogP contribution is 2.31. The minimum Gasteiger partial charge on any atom is -0.325 e. The summed E-state index contributed by atoms with van der Waals surface area (Å²) in [5.74, 6) is 0. The van der Waals surface area contributed by atoms with Gasteiger partial charge in [0.25, 0.3) is 0 Å². The third-order valence-electron chi connectivity index (χ3n) is 2.72. The first-order chi connectivity index (χ1) is 7.38. The Kier molecular flexibility index (Phi) is 3.97. The molecule has 1 fully saturated rings. The predicted molar refractivity (Wildman–Crippen MR) is 62.7 cm³/mol. The fraction of sp³-hybridized carbons (Fsp3) is 0.636. The van der Waals surface area contributed by atoms with E-state index >= 15 is 0 Å². The second-order valence-corrected chi connectivity index (χ2v) is 5.18. The van der Waals surface area contributed by atoms with Crippen molar-refractivity contribution in [3.05, 3.63) is 18.0 Å². The number of thioether (sulfide) groups is 1. The van der Waals surface area contributed by atoms with E-state index in [4.69, 9.17) is 5.73 Å². The molecular formula is C11H17N3S. The van der Waals surface area contributed by atoms with Crippen LogP contribution in [0.3, 0.4) is 0 Å². The van der Waals surface area contributed by atoms with E-state index in [0.717, 1.165) is 10.9 Å². The van der Waals surface area contributed by atoms with Crippen LogP contribution in [-0.4, -0.2) is 15.2 Å². The molecule has 2 N–H and O–H groups in total. The first-order valence-electron chi connectivity index (χ1n) is 5.57. The number of hydrogen-bond acceptors (Lipinski definition) is 4. The van der Waals surface area contributed by atoms with E-state index in [0.29, 0.717) is 11.8 Å². The van der Waals surface area contributed by atoms with Crippen LogP contribution in [0.5, 0.6) is 0 Å². The van der Waals surface area contributed by atoms with Gasteiger partial charge in [0.15, 0.2) is 5.16 Å². The van der Waals surface area contributed by atoms with Crippen LogP contribution < -0.4 is 5.73 Å². The summed E-state index contributed by atoms with van der Waals surface area (Å²) in [7, 11) is 0. The number of aromatic nitrogens is 2. The molecule has 0 spiro atoms. The van der Waals surface area contributed by atoms with Crippen LogP contribution in [0.15, 0.2) is 17.4 Å². The molecule has 0 radical (unpaired) electrons. The Morgan fingerprint density at radius 3 is 2.87 bits per heavy atom. The molecule has 1 aliphatic rings. The lowest BCUT2D eigenvalue weighted by Gasteiger charge is -2.19. The maximum Gasteiger partial charge on any atom is 0.188 e. The SMILES string of the molecule is NCc1ccnc(SC2CCCCC2)n1. The molecule has 15 heavy (non-hydrogen) atoms. The van der Waals surface area contributed by atoms with Crippen molar-refractivity contribution in [2.75, 3.05) is 0 Å². The van der Waals surface area contributed by atoms with Crippen molar-refractivity contribution in [3.63, 3.8) is 0 Å². The van der Waals surface area contributed by atoms with Crippen LogP contribution in [0.4, 0.5) is 0 Å². The molecule has 0 bridgehead atoms. The van der Waals surface area contributed by atoms with Gasteiger partial charge in [-0.2, -0.15) is 0 Å². The topological polar surface area (TPSA) is 51.8 Å². The average Bonchev–Trinajstić information content (AvgIpc) is 2.31. The summed E-state index contributed by atoms with van der Waals surface area (Å²) < 4.78 is 0. The Morgan fingerprint density at radius 1 is 1.33 bits per heavy atom. The Morgan fingerprint density at radius 2 is 2.13 bits per heavy atom. The molecule has 0 amide bonds. The van der Waals surface area contributed by atoms with Crippen molar-refractivity contribution in [1.82, 2.24) is 9.97 Å². The van der Waals surface area contributed by atoms with Crippen molar-refractivity contribution in [1.29, 1.82) is 0 Å². The van der Waals surface area contributed by atoms with Crippen LogP contribution in [0, 0.1) is 0 Å². The zero-order valence-corrected chi connectivity index (χ0v) is 9.67. The molecule has 1 aliphatic carbocycles. The Balaban J connectivity index is 1.96. The number of nitrogens with two attached hydrogens (primary N) is 1. The minimum atomic E-state index is 0.501. The molecule has 2 rings (SSSR count). The van der Waals surface area contributed by atoms with Crippen molar-refractivity contribution in [2.24, 2.45) is 5.73 Å². The van der Waals surface area contributed by atoms with E-state index in [1.807, 2.05) is 17.8 Å². The number of rotatable bonds is 3. The van der Waals surface area contributed by atoms with Gasteiger partial charge in [-0.05, 0) is 18.9 Å². The molecular weight excluding hydrogens is 206 g/mol. The third kappa shape index (κ3) is 3.18. The quantitative estimate of drug-likeness (QED) is 0.799. The van der Waals surface area contributed by atoms with Gasteiger partial charge in [-0.15, -0.1) is 0 Å². The van der Waals surface area contributed by atoms with Crippen molar-refractivity contribution in [3.8, 4) is 0 Å². The van der Waals surface area contributed by atoms with E-state index in [1.165, 1.54) is 32.1 Å². The van der Waals surface area contributed by atoms with E-state index < -0.39 is 0 Å². The molecule has 1 aromatic rings.